The van der Waals surface area contributed by atoms with Crippen molar-refractivity contribution in [1.29, 1.82) is 0 Å². The Balaban J connectivity index is 1.86. The molecule has 0 amide bonds. The molecule has 110 valence electrons. The van der Waals surface area contributed by atoms with Crippen molar-refractivity contribution in [2.45, 2.75) is 11.4 Å². The van der Waals surface area contributed by atoms with Gasteiger partial charge in [0.1, 0.15) is 0 Å². The number of hydrogen-bond donors (Lipinski definition) is 0. The van der Waals surface area contributed by atoms with Crippen molar-refractivity contribution in [3.63, 3.8) is 0 Å². The van der Waals surface area contributed by atoms with E-state index in [0.717, 1.165) is 5.56 Å². The molecule has 0 atom stereocenters. The molecule has 0 bridgehead atoms. The second-order valence-corrected chi connectivity index (χ2v) is 6.81. The lowest BCUT2D eigenvalue weighted by atomic mass is 10.2. The van der Waals surface area contributed by atoms with Gasteiger partial charge in [-0.15, -0.1) is 0 Å². The third-order valence-corrected chi connectivity index (χ3v) is 5.10. The molecule has 0 N–H and O–H groups in total. The van der Waals surface area contributed by atoms with Crippen molar-refractivity contribution in [3.05, 3.63) is 54.1 Å². The van der Waals surface area contributed by atoms with Gasteiger partial charge in [-0.1, -0.05) is 30.3 Å². The van der Waals surface area contributed by atoms with Gasteiger partial charge in [-0.3, -0.25) is 0 Å². The van der Waals surface area contributed by atoms with E-state index >= 15 is 0 Å². The van der Waals surface area contributed by atoms with Gasteiger partial charge >= 0.3 is 0 Å². The van der Waals surface area contributed by atoms with Crippen LogP contribution in [0.5, 0.6) is 11.5 Å². The number of rotatable bonds is 4. The Morgan fingerprint density at radius 3 is 2.52 bits per heavy atom. The van der Waals surface area contributed by atoms with E-state index in [4.69, 9.17) is 9.47 Å². The van der Waals surface area contributed by atoms with Gasteiger partial charge in [0, 0.05) is 19.7 Å². The van der Waals surface area contributed by atoms with Gasteiger partial charge in [-0.2, -0.15) is 4.31 Å². The first kappa shape index (κ1) is 13.9. The van der Waals surface area contributed by atoms with Crippen LogP contribution >= 0.6 is 0 Å². The quantitative estimate of drug-likeness (QED) is 0.869. The van der Waals surface area contributed by atoms with E-state index in [1.54, 1.807) is 13.1 Å². The Hall–Kier alpha value is -2.05. The van der Waals surface area contributed by atoms with Crippen LogP contribution in [0.4, 0.5) is 0 Å². The molecule has 0 saturated heterocycles. The summed E-state index contributed by atoms with van der Waals surface area (Å²) in [6.07, 6.45) is 0. The first-order chi connectivity index (χ1) is 10.1. The molecule has 6 heteroatoms. The Morgan fingerprint density at radius 1 is 1.05 bits per heavy atom. The SMILES string of the molecule is CN(Cc1ccccc1)S(=O)(=O)c1ccc2c(c1)OCO2. The monoisotopic (exact) mass is 305 g/mol. The molecule has 0 saturated carbocycles. The van der Waals surface area contributed by atoms with Gasteiger partial charge in [0.15, 0.2) is 11.5 Å². The molecule has 0 fully saturated rings. The summed E-state index contributed by atoms with van der Waals surface area (Å²) in [6, 6.07) is 14.1. The van der Waals surface area contributed by atoms with Crippen LogP contribution in [0.2, 0.25) is 0 Å². The molecule has 1 aliphatic rings. The van der Waals surface area contributed by atoms with Gasteiger partial charge in [-0.05, 0) is 17.7 Å². The van der Waals surface area contributed by atoms with E-state index in [2.05, 4.69) is 0 Å². The Labute approximate surface area is 123 Å². The fourth-order valence-electron chi connectivity index (χ4n) is 2.14. The predicted octanol–water partition coefficient (Wildman–Crippen LogP) is 2.24. The summed E-state index contributed by atoms with van der Waals surface area (Å²) < 4.78 is 36.9. The van der Waals surface area contributed by atoms with E-state index in [1.807, 2.05) is 30.3 Å². The Morgan fingerprint density at radius 2 is 1.76 bits per heavy atom. The summed E-state index contributed by atoms with van der Waals surface area (Å²) in [4.78, 5) is 0.199. The standard InChI is InChI=1S/C15H15NO4S/c1-16(10-12-5-3-2-4-6-12)21(17,18)13-7-8-14-15(9-13)20-11-19-14/h2-9H,10-11H2,1H3. The molecule has 1 aliphatic heterocycles. The number of sulfonamides is 1. The highest BCUT2D eigenvalue weighted by Gasteiger charge is 2.24. The molecular weight excluding hydrogens is 290 g/mol. The molecule has 3 rings (SSSR count). The predicted molar refractivity (Wildman–Crippen MR) is 77.7 cm³/mol. The summed E-state index contributed by atoms with van der Waals surface area (Å²) in [5.41, 5.74) is 0.935. The molecule has 2 aromatic carbocycles. The zero-order valence-corrected chi connectivity index (χ0v) is 12.3. The summed E-state index contributed by atoms with van der Waals surface area (Å²) in [7, 11) is -2.00. The van der Waals surface area contributed by atoms with Crippen LogP contribution < -0.4 is 9.47 Å². The van der Waals surface area contributed by atoms with Crippen LogP contribution in [0.3, 0.4) is 0 Å². The minimum absolute atomic E-state index is 0.124. The second-order valence-electron chi connectivity index (χ2n) is 4.76. The number of benzene rings is 2. The zero-order chi connectivity index (χ0) is 14.9. The van der Waals surface area contributed by atoms with Crippen LogP contribution in [0.15, 0.2) is 53.4 Å². The molecule has 0 aliphatic carbocycles. The number of ether oxygens (including phenoxy) is 2. The fraction of sp³-hybridized carbons (Fsp3) is 0.200. The normalized spacial score (nSPS) is 13.6. The molecule has 21 heavy (non-hydrogen) atoms. The van der Waals surface area contributed by atoms with Crippen LogP contribution in [0.1, 0.15) is 5.56 Å². The van der Waals surface area contributed by atoms with Crippen LogP contribution in [0.25, 0.3) is 0 Å². The average molecular weight is 305 g/mol. The Kier molecular flexibility index (Phi) is 3.57. The minimum Gasteiger partial charge on any atom is -0.454 e. The highest BCUT2D eigenvalue weighted by molar-refractivity contribution is 7.89. The van der Waals surface area contributed by atoms with Crippen LogP contribution in [0, 0.1) is 0 Å². The largest absolute Gasteiger partial charge is 0.454 e. The van der Waals surface area contributed by atoms with E-state index < -0.39 is 10.0 Å². The van der Waals surface area contributed by atoms with E-state index in [-0.39, 0.29) is 11.7 Å². The molecule has 1 heterocycles. The molecule has 0 aromatic heterocycles. The fourth-order valence-corrected chi connectivity index (χ4v) is 3.32. The number of hydrogen-bond acceptors (Lipinski definition) is 4. The lowest BCUT2D eigenvalue weighted by molar-refractivity contribution is 0.174. The smallest absolute Gasteiger partial charge is 0.243 e. The van der Waals surface area contributed by atoms with Crippen LogP contribution in [-0.2, 0) is 16.6 Å². The summed E-state index contributed by atoms with van der Waals surface area (Å²) >= 11 is 0. The van der Waals surface area contributed by atoms with Gasteiger partial charge in [0.2, 0.25) is 16.8 Å². The van der Waals surface area contributed by atoms with Crippen molar-refractivity contribution in [2.75, 3.05) is 13.8 Å². The molecule has 5 nitrogen and oxygen atoms in total. The summed E-state index contributed by atoms with van der Waals surface area (Å²) in [5.74, 6) is 1.03. The highest BCUT2D eigenvalue weighted by Crippen LogP contribution is 2.34. The first-order valence-electron chi connectivity index (χ1n) is 6.47. The zero-order valence-electron chi connectivity index (χ0n) is 11.5. The van der Waals surface area contributed by atoms with E-state index in [0.29, 0.717) is 18.0 Å². The van der Waals surface area contributed by atoms with Crippen molar-refractivity contribution < 1.29 is 17.9 Å². The molecule has 2 aromatic rings. The average Bonchev–Trinajstić information content (AvgIpc) is 2.95. The molecule has 0 spiro atoms. The topological polar surface area (TPSA) is 55.8 Å². The van der Waals surface area contributed by atoms with Crippen molar-refractivity contribution >= 4 is 10.0 Å². The number of nitrogens with zero attached hydrogens (tertiary/aromatic N) is 1. The van der Waals surface area contributed by atoms with Gasteiger partial charge in [-0.25, -0.2) is 8.42 Å². The van der Waals surface area contributed by atoms with Crippen molar-refractivity contribution in [1.82, 2.24) is 4.31 Å². The summed E-state index contributed by atoms with van der Waals surface area (Å²) in [6.45, 7) is 0.441. The minimum atomic E-state index is -3.56. The second kappa shape index (κ2) is 5.38. The van der Waals surface area contributed by atoms with Gasteiger partial charge < -0.3 is 9.47 Å². The Bertz CT molecular complexity index is 744. The maximum atomic E-state index is 12.6. The van der Waals surface area contributed by atoms with E-state index in [1.165, 1.54) is 16.4 Å². The highest BCUT2D eigenvalue weighted by atomic mass is 32.2. The van der Waals surface area contributed by atoms with Crippen molar-refractivity contribution in [2.24, 2.45) is 0 Å². The first-order valence-corrected chi connectivity index (χ1v) is 7.91. The third kappa shape index (κ3) is 2.72. The molecule has 0 radical (unpaired) electrons. The van der Waals surface area contributed by atoms with Gasteiger partial charge in [0.05, 0.1) is 4.90 Å². The lowest BCUT2D eigenvalue weighted by Crippen LogP contribution is -2.26. The third-order valence-electron chi connectivity index (χ3n) is 3.30. The van der Waals surface area contributed by atoms with Gasteiger partial charge in [0.25, 0.3) is 0 Å². The van der Waals surface area contributed by atoms with E-state index in [9.17, 15) is 8.42 Å². The van der Waals surface area contributed by atoms with Crippen molar-refractivity contribution in [3.8, 4) is 11.5 Å². The number of fused-ring (bicyclic) bond motifs is 1. The molecular formula is C15H15NO4S. The maximum Gasteiger partial charge on any atom is 0.243 e. The summed E-state index contributed by atoms with van der Waals surface area (Å²) in [5, 5.41) is 0. The maximum absolute atomic E-state index is 12.6. The van der Waals surface area contributed by atoms with Crippen LogP contribution in [-0.4, -0.2) is 26.6 Å². The molecule has 0 unspecified atom stereocenters. The lowest BCUT2D eigenvalue weighted by Gasteiger charge is -2.17.